The molecule has 0 aliphatic rings. The van der Waals surface area contributed by atoms with E-state index in [4.69, 9.17) is 0 Å². The number of aromatic nitrogens is 2. The standard InChI is InChI=1S/C52H35N3/c1-2-15-39(16-3-1)53(48-24-12-14-38-13-4-5-17-43(38)48)40-29-25-36(26-30-40)37-27-31-41(32-28-37)54-49-21-9-8-20-46(49)47-34-33-42(35-52(47)54)55-50-22-10-6-18-44(50)45-19-7-11-23-51(45)55/h1-35H. The lowest BCUT2D eigenvalue weighted by atomic mass is 10.0. The highest BCUT2D eigenvalue weighted by molar-refractivity contribution is 6.12. The summed E-state index contributed by atoms with van der Waals surface area (Å²) in [6.45, 7) is 0. The van der Waals surface area contributed by atoms with E-state index in [0.717, 1.165) is 28.4 Å². The van der Waals surface area contributed by atoms with Gasteiger partial charge in [0.15, 0.2) is 0 Å². The van der Waals surface area contributed by atoms with Gasteiger partial charge in [0.2, 0.25) is 0 Å². The predicted octanol–water partition coefficient (Wildman–Crippen LogP) is 14.2. The molecule has 2 heterocycles. The van der Waals surface area contributed by atoms with Gasteiger partial charge in [-0.05, 0) is 89.3 Å². The van der Waals surface area contributed by atoms with Crippen LogP contribution in [-0.2, 0) is 0 Å². The molecule has 0 aliphatic heterocycles. The second-order valence-electron chi connectivity index (χ2n) is 14.2. The predicted molar refractivity (Wildman–Crippen MR) is 233 cm³/mol. The fraction of sp³-hybridized carbons (Fsp3) is 0. The quantitative estimate of drug-likeness (QED) is 0.168. The molecule has 0 saturated carbocycles. The van der Waals surface area contributed by atoms with Crippen LogP contribution in [0.15, 0.2) is 212 Å². The van der Waals surface area contributed by atoms with Gasteiger partial charge in [0, 0.05) is 49.7 Å². The van der Waals surface area contributed by atoms with Crippen molar-refractivity contribution in [1.29, 1.82) is 0 Å². The van der Waals surface area contributed by atoms with E-state index in [0.29, 0.717) is 0 Å². The van der Waals surface area contributed by atoms with Gasteiger partial charge >= 0.3 is 0 Å². The van der Waals surface area contributed by atoms with Crippen LogP contribution in [0.4, 0.5) is 17.1 Å². The van der Waals surface area contributed by atoms with E-state index in [1.165, 1.54) is 65.5 Å². The first-order chi connectivity index (χ1) is 27.3. The van der Waals surface area contributed by atoms with Crippen LogP contribution in [-0.4, -0.2) is 9.13 Å². The maximum absolute atomic E-state index is 2.41. The fourth-order valence-electron chi connectivity index (χ4n) is 8.59. The highest BCUT2D eigenvalue weighted by Crippen LogP contribution is 2.40. The van der Waals surface area contributed by atoms with Gasteiger partial charge in [-0.15, -0.1) is 0 Å². The minimum atomic E-state index is 1.12. The van der Waals surface area contributed by atoms with Crippen molar-refractivity contribution < 1.29 is 0 Å². The van der Waals surface area contributed by atoms with Crippen molar-refractivity contribution in [2.45, 2.75) is 0 Å². The van der Waals surface area contributed by atoms with E-state index in [1.807, 2.05) is 0 Å². The number of nitrogens with zero attached hydrogens (tertiary/aromatic N) is 3. The Kier molecular flexibility index (Phi) is 7.17. The van der Waals surface area contributed by atoms with Crippen molar-refractivity contribution in [3.05, 3.63) is 212 Å². The zero-order chi connectivity index (χ0) is 36.3. The van der Waals surface area contributed by atoms with Gasteiger partial charge in [-0.1, -0.05) is 140 Å². The van der Waals surface area contributed by atoms with Crippen molar-refractivity contribution >= 4 is 71.4 Å². The second-order valence-corrected chi connectivity index (χ2v) is 14.2. The van der Waals surface area contributed by atoms with Gasteiger partial charge in [0.1, 0.15) is 0 Å². The second kappa shape index (κ2) is 12.6. The number of para-hydroxylation sites is 4. The molecule has 0 N–H and O–H groups in total. The third kappa shape index (κ3) is 5.05. The number of anilines is 3. The van der Waals surface area contributed by atoms with Crippen LogP contribution in [0, 0.1) is 0 Å². The first kappa shape index (κ1) is 31.2. The molecule has 3 nitrogen and oxygen atoms in total. The summed E-state index contributed by atoms with van der Waals surface area (Å²) >= 11 is 0. The third-order valence-corrected chi connectivity index (χ3v) is 11.1. The average Bonchev–Trinajstić information content (AvgIpc) is 3.77. The Balaban J connectivity index is 0.994. The van der Waals surface area contributed by atoms with Crippen LogP contribution < -0.4 is 4.90 Å². The summed E-state index contributed by atoms with van der Waals surface area (Å²) in [6, 6.07) is 76.8. The summed E-state index contributed by atoms with van der Waals surface area (Å²) in [6.07, 6.45) is 0. The molecule has 0 atom stereocenters. The first-order valence-corrected chi connectivity index (χ1v) is 18.9. The Bertz CT molecular complexity index is 3130. The lowest BCUT2D eigenvalue weighted by Gasteiger charge is -2.27. The fourth-order valence-corrected chi connectivity index (χ4v) is 8.59. The molecule has 0 radical (unpaired) electrons. The van der Waals surface area contributed by atoms with E-state index in [2.05, 4.69) is 226 Å². The molecule has 258 valence electrons. The van der Waals surface area contributed by atoms with Crippen LogP contribution in [0.25, 0.3) is 76.9 Å². The smallest absolute Gasteiger partial charge is 0.0561 e. The largest absolute Gasteiger partial charge is 0.310 e. The lowest BCUT2D eigenvalue weighted by Crippen LogP contribution is -2.10. The van der Waals surface area contributed by atoms with E-state index in [-0.39, 0.29) is 0 Å². The molecule has 55 heavy (non-hydrogen) atoms. The molecule has 0 fully saturated rings. The maximum Gasteiger partial charge on any atom is 0.0561 e. The molecule has 11 aromatic rings. The summed E-state index contributed by atoms with van der Waals surface area (Å²) in [5.74, 6) is 0. The normalized spacial score (nSPS) is 11.6. The van der Waals surface area contributed by atoms with Gasteiger partial charge in [-0.3, -0.25) is 0 Å². The summed E-state index contributed by atoms with van der Waals surface area (Å²) in [7, 11) is 0. The molecular formula is C52H35N3. The summed E-state index contributed by atoms with van der Waals surface area (Å²) in [5.41, 5.74) is 12.9. The van der Waals surface area contributed by atoms with Crippen molar-refractivity contribution in [3.63, 3.8) is 0 Å². The highest BCUT2D eigenvalue weighted by Gasteiger charge is 2.18. The number of benzene rings is 9. The Morgan fingerprint density at radius 3 is 1.38 bits per heavy atom. The molecular weight excluding hydrogens is 667 g/mol. The monoisotopic (exact) mass is 701 g/mol. The molecule has 0 unspecified atom stereocenters. The van der Waals surface area contributed by atoms with Crippen molar-refractivity contribution in [2.24, 2.45) is 0 Å². The molecule has 0 saturated heterocycles. The number of hydrogen-bond acceptors (Lipinski definition) is 1. The Labute approximate surface area is 319 Å². The number of hydrogen-bond donors (Lipinski definition) is 0. The Morgan fingerprint density at radius 2 is 0.745 bits per heavy atom. The molecule has 0 bridgehead atoms. The molecule has 3 heteroatoms. The average molecular weight is 702 g/mol. The van der Waals surface area contributed by atoms with E-state index in [9.17, 15) is 0 Å². The van der Waals surface area contributed by atoms with Gasteiger partial charge in [0.25, 0.3) is 0 Å². The zero-order valence-electron chi connectivity index (χ0n) is 30.0. The molecule has 9 aromatic carbocycles. The van der Waals surface area contributed by atoms with Gasteiger partial charge in [-0.25, -0.2) is 0 Å². The molecule has 0 spiro atoms. The van der Waals surface area contributed by atoms with Crippen LogP contribution >= 0.6 is 0 Å². The van der Waals surface area contributed by atoms with Crippen molar-refractivity contribution in [3.8, 4) is 22.5 Å². The van der Waals surface area contributed by atoms with Gasteiger partial charge in [0.05, 0.1) is 27.8 Å². The minimum absolute atomic E-state index is 1.12. The van der Waals surface area contributed by atoms with Crippen LogP contribution in [0.1, 0.15) is 0 Å². The number of fused-ring (bicyclic) bond motifs is 7. The topological polar surface area (TPSA) is 13.1 Å². The molecule has 0 amide bonds. The van der Waals surface area contributed by atoms with Crippen LogP contribution in [0.2, 0.25) is 0 Å². The molecule has 2 aromatic heterocycles. The van der Waals surface area contributed by atoms with Crippen LogP contribution in [0.5, 0.6) is 0 Å². The SMILES string of the molecule is c1ccc(N(c2ccc(-c3ccc(-n4c5ccccc5c5ccc(-n6c7ccccc7c7ccccc76)cc54)cc3)cc2)c2cccc3ccccc23)cc1. The number of rotatable bonds is 6. The summed E-state index contributed by atoms with van der Waals surface area (Å²) in [4.78, 5) is 2.35. The zero-order valence-corrected chi connectivity index (χ0v) is 30.0. The summed E-state index contributed by atoms with van der Waals surface area (Å²) in [5, 5.41) is 7.48. The van der Waals surface area contributed by atoms with Gasteiger partial charge in [-0.2, -0.15) is 0 Å². The molecule has 0 aliphatic carbocycles. The highest BCUT2D eigenvalue weighted by atomic mass is 15.1. The Hall–Kier alpha value is -7.36. The van der Waals surface area contributed by atoms with Crippen molar-refractivity contribution in [1.82, 2.24) is 9.13 Å². The maximum atomic E-state index is 2.41. The minimum Gasteiger partial charge on any atom is -0.310 e. The summed E-state index contributed by atoms with van der Waals surface area (Å²) < 4.78 is 4.81. The van der Waals surface area contributed by atoms with E-state index >= 15 is 0 Å². The first-order valence-electron chi connectivity index (χ1n) is 18.9. The van der Waals surface area contributed by atoms with E-state index < -0.39 is 0 Å². The van der Waals surface area contributed by atoms with Crippen molar-refractivity contribution in [2.75, 3.05) is 4.90 Å². The molecule has 11 rings (SSSR count). The lowest BCUT2D eigenvalue weighted by molar-refractivity contribution is 1.15. The van der Waals surface area contributed by atoms with E-state index in [1.54, 1.807) is 0 Å². The Morgan fingerprint density at radius 1 is 0.291 bits per heavy atom. The third-order valence-electron chi connectivity index (χ3n) is 11.1. The van der Waals surface area contributed by atoms with Crippen LogP contribution in [0.3, 0.4) is 0 Å². The van der Waals surface area contributed by atoms with Gasteiger partial charge < -0.3 is 14.0 Å².